The number of carbonyl (C=O) groups excluding carboxylic acids is 1. The molecule has 0 radical (unpaired) electrons. The summed E-state index contributed by atoms with van der Waals surface area (Å²) in [4.78, 5) is 12.1. The molecule has 2 N–H and O–H groups in total. The van der Waals surface area contributed by atoms with Gasteiger partial charge >= 0.3 is 0 Å². The Balaban J connectivity index is 0.00000242. The van der Waals surface area contributed by atoms with E-state index in [-0.39, 0.29) is 30.0 Å². The predicted octanol–water partition coefficient (Wildman–Crippen LogP) is 2.93. The number of rotatable bonds is 6. The Kier molecular flexibility index (Phi) is 8.43. The second-order valence-corrected chi connectivity index (χ2v) is 5.99. The van der Waals surface area contributed by atoms with Gasteiger partial charge in [-0.2, -0.15) is 0 Å². The molecule has 0 spiro atoms. The van der Waals surface area contributed by atoms with Crippen LogP contribution in [0.5, 0.6) is 0 Å². The van der Waals surface area contributed by atoms with Gasteiger partial charge in [-0.25, -0.2) is 4.39 Å². The van der Waals surface area contributed by atoms with Crippen molar-refractivity contribution in [2.45, 2.75) is 32.6 Å². The topological polar surface area (TPSA) is 41.1 Å². The van der Waals surface area contributed by atoms with Crippen molar-refractivity contribution in [3.05, 3.63) is 35.6 Å². The van der Waals surface area contributed by atoms with Gasteiger partial charge in [0, 0.05) is 12.5 Å². The standard InChI is InChI=1S/C17H25FN2O.ClH/c1-13(8-9-15-6-2-3-7-16(15)18)17(21)20-12-14-5-4-10-19-11-14;/h2-3,6-7,13-14,19H,4-5,8-12H2,1H3,(H,20,21);1H. The number of hydrogen-bond donors (Lipinski definition) is 2. The van der Waals surface area contributed by atoms with Crippen molar-refractivity contribution >= 4 is 18.3 Å². The van der Waals surface area contributed by atoms with Crippen molar-refractivity contribution < 1.29 is 9.18 Å². The van der Waals surface area contributed by atoms with Crippen molar-refractivity contribution in [2.75, 3.05) is 19.6 Å². The molecule has 1 fully saturated rings. The third-order valence-electron chi connectivity index (χ3n) is 4.22. The van der Waals surface area contributed by atoms with Gasteiger partial charge in [0.25, 0.3) is 0 Å². The van der Waals surface area contributed by atoms with Crippen LogP contribution in [0.1, 0.15) is 31.7 Å². The highest BCUT2D eigenvalue weighted by Gasteiger charge is 2.17. The minimum Gasteiger partial charge on any atom is -0.356 e. The van der Waals surface area contributed by atoms with E-state index in [9.17, 15) is 9.18 Å². The van der Waals surface area contributed by atoms with Gasteiger partial charge in [-0.3, -0.25) is 4.79 Å². The highest BCUT2D eigenvalue weighted by atomic mass is 35.5. The van der Waals surface area contributed by atoms with E-state index in [0.29, 0.717) is 24.3 Å². The highest BCUT2D eigenvalue weighted by molar-refractivity contribution is 5.85. The zero-order chi connectivity index (χ0) is 15.1. The van der Waals surface area contributed by atoms with Gasteiger partial charge in [0.05, 0.1) is 0 Å². The molecule has 5 heteroatoms. The van der Waals surface area contributed by atoms with E-state index in [4.69, 9.17) is 0 Å². The van der Waals surface area contributed by atoms with E-state index in [1.54, 1.807) is 12.1 Å². The number of carbonyl (C=O) groups is 1. The zero-order valence-corrected chi connectivity index (χ0v) is 13.9. The normalized spacial score (nSPS) is 19.1. The molecule has 124 valence electrons. The summed E-state index contributed by atoms with van der Waals surface area (Å²) >= 11 is 0. The average molecular weight is 329 g/mol. The molecule has 1 aliphatic heterocycles. The van der Waals surface area contributed by atoms with Crippen LogP contribution in [0, 0.1) is 17.7 Å². The molecule has 0 bridgehead atoms. The quantitative estimate of drug-likeness (QED) is 0.843. The average Bonchev–Trinajstić information content (AvgIpc) is 2.52. The smallest absolute Gasteiger partial charge is 0.222 e. The number of hydrogen-bond acceptors (Lipinski definition) is 2. The second-order valence-electron chi connectivity index (χ2n) is 5.99. The summed E-state index contributed by atoms with van der Waals surface area (Å²) in [6.45, 7) is 4.73. The lowest BCUT2D eigenvalue weighted by atomic mass is 9.98. The minimum atomic E-state index is -0.182. The van der Waals surface area contributed by atoms with Crippen molar-refractivity contribution in [2.24, 2.45) is 11.8 Å². The van der Waals surface area contributed by atoms with E-state index < -0.39 is 0 Å². The lowest BCUT2D eigenvalue weighted by Gasteiger charge is -2.23. The lowest BCUT2D eigenvalue weighted by Crippen LogP contribution is -2.39. The Bertz CT molecular complexity index is 464. The summed E-state index contributed by atoms with van der Waals surface area (Å²) in [6.07, 6.45) is 3.64. The number of piperidine rings is 1. The first-order valence-electron chi connectivity index (χ1n) is 7.88. The van der Waals surface area contributed by atoms with E-state index in [1.807, 2.05) is 13.0 Å². The van der Waals surface area contributed by atoms with E-state index in [0.717, 1.165) is 19.6 Å². The van der Waals surface area contributed by atoms with Gasteiger partial charge in [0.1, 0.15) is 5.82 Å². The molecule has 3 nitrogen and oxygen atoms in total. The van der Waals surface area contributed by atoms with Crippen molar-refractivity contribution in [3.8, 4) is 0 Å². The molecule has 22 heavy (non-hydrogen) atoms. The van der Waals surface area contributed by atoms with Crippen LogP contribution in [0.4, 0.5) is 4.39 Å². The first-order valence-corrected chi connectivity index (χ1v) is 7.88. The molecular weight excluding hydrogens is 303 g/mol. The maximum atomic E-state index is 13.5. The maximum Gasteiger partial charge on any atom is 0.222 e. The Morgan fingerprint density at radius 1 is 1.45 bits per heavy atom. The molecule has 1 aromatic rings. The van der Waals surface area contributed by atoms with Gasteiger partial charge in [0.2, 0.25) is 5.91 Å². The van der Waals surface area contributed by atoms with Crippen molar-refractivity contribution in [1.29, 1.82) is 0 Å². The summed E-state index contributed by atoms with van der Waals surface area (Å²) in [7, 11) is 0. The van der Waals surface area contributed by atoms with Crippen molar-refractivity contribution in [3.63, 3.8) is 0 Å². The number of nitrogens with one attached hydrogen (secondary N) is 2. The summed E-state index contributed by atoms with van der Waals surface area (Å²) in [5.41, 5.74) is 0.689. The Morgan fingerprint density at radius 3 is 2.91 bits per heavy atom. The SMILES string of the molecule is CC(CCc1ccccc1F)C(=O)NCC1CCCNC1.Cl. The molecule has 0 aromatic heterocycles. The van der Waals surface area contributed by atoms with Crippen LogP contribution in [-0.2, 0) is 11.2 Å². The van der Waals surface area contributed by atoms with Gasteiger partial charge in [0.15, 0.2) is 0 Å². The summed E-state index contributed by atoms with van der Waals surface area (Å²) < 4.78 is 13.5. The Labute approximate surface area is 138 Å². The third-order valence-corrected chi connectivity index (χ3v) is 4.22. The molecule has 1 aliphatic rings. The number of amides is 1. The maximum absolute atomic E-state index is 13.5. The Morgan fingerprint density at radius 2 is 2.23 bits per heavy atom. The molecule has 1 amide bonds. The van der Waals surface area contributed by atoms with Crippen LogP contribution in [0.25, 0.3) is 0 Å². The molecular formula is C17H26ClFN2O. The molecule has 2 unspecified atom stereocenters. The molecule has 1 heterocycles. The van der Waals surface area contributed by atoms with Crippen LogP contribution >= 0.6 is 12.4 Å². The fourth-order valence-corrected chi connectivity index (χ4v) is 2.72. The summed E-state index contributed by atoms with van der Waals surface area (Å²) in [6, 6.07) is 6.77. The largest absolute Gasteiger partial charge is 0.356 e. The highest BCUT2D eigenvalue weighted by Crippen LogP contribution is 2.14. The van der Waals surface area contributed by atoms with Gasteiger partial charge < -0.3 is 10.6 Å². The van der Waals surface area contributed by atoms with E-state index >= 15 is 0 Å². The predicted molar refractivity (Wildman–Crippen MR) is 89.7 cm³/mol. The third kappa shape index (κ3) is 5.93. The molecule has 1 aromatic carbocycles. The van der Waals surface area contributed by atoms with Gasteiger partial charge in [-0.15, -0.1) is 12.4 Å². The van der Waals surface area contributed by atoms with Crippen LogP contribution in [-0.4, -0.2) is 25.5 Å². The number of halogens is 2. The monoisotopic (exact) mass is 328 g/mol. The number of benzene rings is 1. The fraction of sp³-hybridized carbons (Fsp3) is 0.588. The lowest BCUT2D eigenvalue weighted by molar-refractivity contribution is -0.124. The first-order chi connectivity index (χ1) is 10.2. The van der Waals surface area contributed by atoms with Crippen molar-refractivity contribution in [1.82, 2.24) is 10.6 Å². The molecule has 1 saturated heterocycles. The first kappa shape index (κ1) is 18.9. The van der Waals surface area contributed by atoms with Gasteiger partial charge in [-0.1, -0.05) is 25.1 Å². The van der Waals surface area contributed by atoms with Crippen LogP contribution < -0.4 is 10.6 Å². The Hall–Kier alpha value is -1.13. The molecule has 0 saturated carbocycles. The van der Waals surface area contributed by atoms with E-state index in [1.165, 1.54) is 18.9 Å². The van der Waals surface area contributed by atoms with Crippen LogP contribution in [0.3, 0.4) is 0 Å². The summed E-state index contributed by atoms with van der Waals surface area (Å²) in [5.74, 6) is 0.359. The minimum absolute atomic E-state index is 0. The summed E-state index contributed by atoms with van der Waals surface area (Å²) in [5, 5.41) is 6.38. The van der Waals surface area contributed by atoms with Crippen LogP contribution in [0.2, 0.25) is 0 Å². The second kappa shape index (κ2) is 9.80. The van der Waals surface area contributed by atoms with Gasteiger partial charge in [-0.05, 0) is 56.3 Å². The van der Waals surface area contributed by atoms with E-state index in [2.05, 4.69) is 10.6 Å². The number of aryl methyl sites for hydroxylation is 1. The zero-order valence-electron chi connectivity index (χ0n) is 13.1. The molecule has 2 atom stereocenters. The molecule has 2 rings (SSSR count). The fourth-order valence-electron chi connectivity index (χ4n) is 2.72. The van der Waals surface area contributed by atoms with Crippen LogP contribution in [0.15, 0.2) is 24.3 Å². The molecule has 0 aliphatic carbocycles.